The van der Waals surface area contributed by atoms with Crippen molar-refractivity contribution in [2.75, 3.05) is 20.7 Å². The molecule has 0 aliphatic heterocycles. The highest BCUT2D eigenvalue weighted by atomic mass is 32.1. The Kier molecular flexibility index (Phi) is 5.03. The lowest BCUT2D eigenvalue weighted by atomic mass is 10.1. The number of ether oxygens (including phenoxy) is 1. The van der Waals surface area contributed by atoms with E-state index < -0.39 is 5.97 Å². The highest BCUT2D eigenvalue weighted by molar-refractivity contribution is 7.21. The van der Waals surface area contributed by atoms with Gasteiger partial charge in [-0.15, -0.1) is 11.3 Å². The first-order chi connectivity index (χ1) is 10.4. The molecule has 22 heavy (non-hydrogen) atoms. The van der Waals surface area contributed by atoms with Crippen LogP contribution in [0.3, 0.4) is 0 Å². The maximum Gasteiger partial charge on any atom is 0.303 e. The second-order valence-electron chi connectivity index (χ2n) is 5.14. The highest BCUT2D eigenvalue weighted by Crippen LogP contribution is 2.33. The molecule has 1 aromatic carbocycles. The number of benzene rings is 1. The minimum absolute atomic E-state index is 0.0666. The third-order valence-corrected chi connectivity index (χ3v) is 4.83. The Balaban J connectivity index is 2.20. The summed E-state index contributed by atoms with van der Waals surface area (Å²) in [5, 5.41) is 9.68. The summed E-state index contributed by atoms with van der Waals surface area (Å²) in [6.45, 7) is 2.36. The van der Waals surface area contributed by atoms with E-state index in [1.807, 2.05) is 25.1 Å². The van der Waals surface area contributed by atoms with E-state index in [-0.39, 0.29) is 12.3 Å². The molecule has 0 atom stereocenters. The first-order valence-electron chi connectivity index (χ1n) is 6.98. The molecule has 1 N–H and O–H groups in total. The average molecular weight is 321 g/mol. The van der Waals surface area contributed by atoms with E-state index in [0.29, 0.717) is 17.8 Å². The molecule has 118 valence electrons. The Morgan fingerprint density at radius 1 is 1.36 bits per heavy atom. The van der Waals surface area contributed by atoms with Crippen molar-refractivity contribution in [2.24, 2.45) is 0 Å². The zero-order valence-corrected chi connectivity index (χ0v) is 13.7. The predicted molar refractivity (Wildman–Crippen MR) is 86.9 cm³/mol. The molecule has 0 saturated carbocycles. The van der Waals surface area contributed by atoms with Crippen LogP contribution in [-0.2, 0) is 4.79 Å². The van der Waals surface area contributed by atoms with Gasteiger partial charge in [0.1, 0.15) is 5.75 Å². The van der Waals surface area contributed by atoms with Crippen molar-refractivity contribution in [3.05, 3.63) is 28.6 Å². The summed E-state index contributed by atoms with van der Waals surface area (Å²) in [6.07, 6.45) is 0.523. The molecular formula is C16H19NO4S. The number of nitrogens with zero attached hydrogens (tertiary/aromatic N) is 1. The van der Waals surface area contributed by atoms with Crippen LogP contribution in [0.5, 0.6) is 5.75 Å². The average Bonchev–Trinajstić information content (AvgIpc) is 2.82. The summed E-state index contributed by atoms with van der Waals surface area (Å²) >= 11 is 1.46. The molecule has 2 aromatic rings. The standard InChI is InChI=1S/C16H19NO4S/c1-10-12-9-11(21-3)6-7-13(12)22-15(10)16(20)17(2)8-4-5-14(18)19/h6-7,9H,4-5,8H2,1-3H3,(H,18,19). The molecule has 5 nitrogen and oxygen atoms in total. The Morgan fingerprint density at radius 3 is 2.73 bits per heavy atom. The van der Waals surface area contributed by atoms with E-state index in [9.17, 15) is 9.59 Å². The summed E-state index contributed by atoms with van der Waals surface area (Å²) in [5.41, 5.74) is 0.939. The van der Waals surface area contributed by atoms with Gasteiger partial charge < -0.3 is 14.7 Å². The molecule has 2 rings (SSSR count). The minimum atomic E-state index is -0.842. The number of carbonyl (C=O) groups excluding carboxylic acids is 1. The SMILES string of the molecule is COc1ccc2sc(C(=O)N(C)CCCC(=O)O)c(C)c2c1. The number of amides is 1. The second kappa shape index (κ2) is 6.79. The Labute approximate surface area is 133 Å². The summed E-state index contributed by atoms with van der Waals surface area (Å²) in [4.78, 5) is 25.3. The van der Waals surface area contributed by atoms with E-state index >= 15 is 0 Å². The molecule has 0 aliphatic rings. The number of aryl methyl sites for hydroxylation is 1. The normalized spacial score (nSPS) is 10.7. The monoisotopic (exact) mass is 321 g/mol. The molecule has 0 spiro atoms. The van der Waals surface area contributed by atoms with Gasteiger partial charge in [0, 0.05) is 24.7 Å². The van der Waals surface area contributed by atoms with E-state index in [1.54, 1.807) is 19.1 Å². The Hall–Kier alpha value is -2.08. The third-order valence-electron chi connectivity index (χ3n) is 3.57. The number of carboxylic acid groups (broad SMARTS) is 1. The van der Waals surface area contributed by atoms with Crippen LogP contribution < -0.4 is 4.74 Å². The largest absolute Gasteiger partial charge is 0.497 e. The number of aliphatic carboxylic acids is 1. The zero-order chi connectivity index (χ0) is 16.3. The van der Waals surface area contributed by atoms with Crippen LogP contribution in [-0.4, -0.2) is 42.6 Å². The van der Waals surface area contributed by atoms with Crippen molar-refractivity contribution < 1.29 is 19.4 Å². The fraction of sp³-hybridized carbons (Fsp3) is 0.375. The van der Waals surface area contributed by atoms with Gasteiger partial charge in [0.05, 0.1) is 12.0 Å². The molecule has 0 aliphatic carbocycles. The van der Waals surface area contributed by atoms with Crippen LogP contribution in [0.1, 0.15) is 28.1 Å². The number of methoxy groups -OCH3 is 1. The number of carbonyl (C=O) groups is 2. The van der Waals surface area contributed by atoms with Crippen LogP contribution in [0.25, 0.3) is 10.1 Å². The second-order valence-corrected chi connectivity index (χ2v) is 6.19. The number of hydrogen-bond acceptors (Lipinski definition) is 4. The fourth-order valence-electron chi connectivity index (χ4n) is 2.27. The lowest BCUT2D eigenvalue weighted by Gasteiger charge is -2.16. The third kappa shape index (κ3) is 3.39. The smallest absolute Gasteiger partial charge is 0.303 e. The topological polar surface area (TPSA) is 66.8 Å². The van der Waals surface area contributed by atoms with Crippen LogP contribution in [0.4, 0.5) is 0 Å². The number of rotatable bonds is 6. The van der Waals surface area contributed by atoms with Crippen molar-refractivity contribution in [1.82, 2.24) is 4.90 Å². The summed E-state index contributed by atoms with van der Waals surface area (Å²) in [6, 6.07) is 5.76. The van der Waals surface area contributed by atoms with Crippen LogP contribution in [0, 0.1) is 6.92 Å². The van der Waals surface area contributed by atoms with Gasteiger partial charge in [0.15, 0.2) is 0 Å². The summed E-state index contributed by atoms with van der Waals surface area (Å²) in [5.74, 6) is -0.142. The van der Waals surface area contributed by atoms with Gasteiger partial charge in [-0.05, 0) is 42.5 Å². The van der Waals surface area contributed by atoms with Crippen LogP contribution in [0.2, 0.25) is 0 Å². The van der Waals surface area contributed by atoms with Crippen molar-refractivity contribution in [3.8, 4) is 5.75 Å². The number of fused-ring (bicyclic) bond motifs is 1. The van der Waals surface area contributed by atoms with Crippen molar-refractivity contribution in [3.63, 3.8) is 0 Å². The molecule has 0 unspecified atom stereocenters. The molecule has 1 heterocycles. The number of carboxylic acids is 1. The summed E-state index contributed by atoms with van der Waals surface area (Å²) < 4.78 is 6.27. The first kappa shape index (κ1) is 16.3. The first-order valence-corrected chi connectivity index (χ1v) is 7.80. The van der Waals surface area contributed by atoms with Crippen LogP contribution >= 0.6 is 11.3 Å². The Bertz CT molecular complexity index is 707. The quantitative estimate of drug-likeness (QED) is 0.887. The van der Waals surface area contributed by atoms with Gasteiger partial charge in [-0.3, -0.25) is 9.59 Å². The minimum Gasteiger partial charge on any atom is -0.497 e. The van der Waals surface area contributed by atoms with Gasteiger partial charge in [0.2, 0.25) is 0 Å². The molecule has 1 aromatic heterocycles. The highest BCUT2D eigenvalue weighted by Gasteiger charge is 2.19. The number of hydrogen-bond donors (Lipinski definition) is 1. The molecule has 0 saturated heterocycles. The van der Waals surface area contributed by atoms with Crippen molar-refractivity contribution in [1.29, 1.82) is 0 Å². The number of thiophene rings is 1. The summed E-state index contributed by atoms with van der Waals surface area (Å²) in [7, 11) is 3.32. The van der Waals surface area contributed by atoms with Crippen molar-refractivity contribution >= 4 is 33.3 Å². The molecule has 0 fully saturated rings. The van der Waals surface area contributed by atoms with Gasteiger partial charge in [-0.1, -0.05) is 0 Å². The zero-order valence-electron chi connectivity index (χ0n) is 12.9. The van der Waals surface area contributed by atoms with Gasteiger partial charge >= 0.3 is 5.97 Å². The fourth-order valence-corrected chi connectivity index (χ4v) is 3.46. The lowest BCUT2D eigenvalue weighted by molar-refractivity contribution is -0.137. The maximum absolute atomic E-state index is 12.5. The molecule has 0 bridgehead atoms. The predicted octanol–water partition coefficient (Wildman–Crippen LogP) is 3.16. The van der Waals surface area contributed by atoms with Gasteiger partial charge in [-0.2, -0.15) is 0 Å². The van der Waals surface area contributed by atoms with E-state index in [2.05, 4.69) is 0 Å². The van der Waals surface area contributed by atoms with E-state index in [1.165, 1.54) is 11.3 Å². The lowest BCUT2D eigenvalue weighted by Crippen LogP contribution is -2.27. The molecular weight excluding hydrogens is 302 g/mol. The Morgan fingerprint density at radius 2 is 2.09 bits per heavy atom. The molecule has 6 heteroatoms. The maximum atomic E-state index is 12.5. The van der Waals surface area contributed by atoms with Gasteiger partial charge in [0.25, 0.3) is 5.91 Å². The molecule has 1 amide bonds. The van der Waals surface area contributed by atoms with E-state index in [0.717, 1.165) is 21.4 Å². The van der Waals surface area contributed by atoms with Crippen molar-refractivity contribution in [2.45, 2.75) is 19.8 Å². The van der Waals surface area contributed by atoms with E-state index in [4.69, 9.17) is 9.84 Å². The molecule has 0 radical (unpaired) electrons. The van der Waals surface area contributed by atoms with Crippen LogP contribution in [0.15, 0.2) is 18.2 Å². The van der Waals surface area contributed by atoms with Gasteiger partial charge in [-0.25, -0.2) is 0 Å².